The molecule has 0 aliphatic rings. The van der Waals surface area contributed by atoms with Crippen molar-refractivity contribution in [3.05, 3.63) is 45.4 Å². The second-order valence-electron chi connectivity index (χ2n) is 4.10. The third kappa shape index (κ3) is 3.29. The van der Waals surface area contributed by atoms with Gasteiger partial charge in [-0.1, -0.05) is 11.8 Å². The predicted molar refractivity (Wildman–Crippen MR) is 77.7 cm³/mol. The van der Waals surface area contributed by atoms with Gasteiger partial charge in [-0.3, -0.25) is 4.98 Å². The van der Waals surface area contributed by atoms with Crippen molar-refractivity contribution in [1.82, 2.24) is 15.0 Å². The van der Waals surface area contributed by atoms with E-state index in [1.54, 1.807) is 18.0 Å². The molecule has 0 aliphatic heterocycles. The van der Waals surface area contributed by atoms with Crippen molar-refractivity contribution in [2.45, 2.75) is 31.7 Å². The lowest BCUT2D eigenvalue weighted by atomic mass is 10.2. The average molecular weight is 324 g/mol. The summed E-state index contributed by atoms with van der Waals surface area (Å²) in [6, 6.07) is 2.06. The molecule has 0 bridgehead atoms. The van der Waals surface area contributed by atoms with E-state index in [9.17, 15) is 0 Å². The molecule has 0 N–H and O–H groups in total. The van der Waals surface area contributed by atoms with Crippen molar-refractivity contribution >= 4 is 27.7 Å². The zero-order valence-corrected chi connectivity index (χ0v) is 13.0. The van der Waals surface area contributed by atoms with Gasteiger partial charge in [0.05, 0.1) is 0 Å². The quantitative estimate of drug-likeness (QED) is 0.635. The summed E-state index contributed by atoms with van der Waals surface area (Å²) >= 11 is 5.05. The summed E-state index contributed by atoms with van der Waals surface area (Å²) in [5, 5.41) is 0.829. The van der Waals surface area contributed by atoms with Crippen LogP contribution in [0.15, 0.2) is 28.1 Å². The van der Waals surface area contributed by atoms with Gasteiger partial charge in [0.2, 0.25) is 0 Å². The van der Waals surface area contributed by atoms with Gasteiger partial charge in [0.25, 0.3) is 0 Å². The van der Waals surface area contributed by atoms with E-state index in [-0.39, 0.29) is 0 Å². The highest BCUT2D eigenvalue weighted by molar-refractivity contribution is 9.10. The molecule has 18 heavy (non-hydrogen) atoms. The van der Waals surface area contributed by atoms with Gasteiger partial charge in [-0.05, 0) is 53.9 Å². The summed E-state index contributed by atoms with van der Waals surface area (Å²) in [4.78, 5) is 13.1. The van der Waals surface area contributed by atoms with Crippen molar-refractivity contribution in [3.63, 3.8) is 0 Å². The number of aromatic nitrogens is 3. The van der Waals surface area contributed by atoms with E-state index in [0.29, 0.717) is 0 Å². The van der Waals surface area contributed by atoms with Crippen molar-refractivity contribution in [3.8, 4) is 0 Å². The first-order valence-electron chi connectivity index (χ1n) is 5.60. The fraction of sp³-hybridized carbons (Fsp3) is 0.308. The second kappa shape index (κ2) is 5.80. The second-order valence-corrected chi connectivity index (χ2v) is 5.96. The number of nitrogens with zero attached hydrogens (tertiary/aromatic N) is 3. The van der Waals surface area contributed by atoms with Crippen LogP contribution in [0.25, 0.3) is 0 Å². The number of thioether (sulfide) groups is 1. The van der Waals surface area contributed by atoms with Crippen LogP contribution in [0.5, 0.6) is 0 Å². The molecule has 0 radical (unpaired) electrons. The molecule has 0 amide bonds. The molecule has 2 aromatic heterocycles. The minimum absolute atomic E-state index is 0.828. The third-order valence-corrected chi connectivity index (χ3v) is 4.09. The molecule has 0 aliphatic carbocycles. The van der Waals surface area contributed by atoms with Gasteiger partial charge in [0.1, 0.15) is 0 Å². The third-order valence-electron chi connectivity index (χ3n) is 2.74. The number of pyridine rings is 1. The van der Waals surface area contributed by atoms with Crippen LogP contribution in [0.4, 0.5) is 0 Å². The van der Waals surface area contributed by atoms with Crippen molar-refractivity contribution < 1.29 is 0 Å². The Morgan fingerprint density at radius 3 is 2.39 bits per heavy atom. The molecule has 94 valence electrons. The minimum Gasteiger partial charge on any atom is -0.263 e. The first kappa shape index (κ1) is 13.5. The predicted octanol–water partition coefficient (Wildman–Crippen LogP) is 3.85. The fourth-order valence-corrected chi connectivity index (χ4v) is 2.76. The number of hydrogen-bond acceptors (Lipinski definition) is 4. The Kier molecular flexibility index (Phi) is 4.35. The highest BCUT2D eigenvalue weighted by Crippen LogP contribution is 2.22. The van der Waals surface area contributed by atoms with Gasteiger partial charge < -0.3 is 0 Å². The number of rotatable bonds is 3. The Balaban J connectivity index is 2.11. The summed E-state index contributed by atoms with van der Waals surface area (Å²) < 4.78 is 0.998. The van der Waals surface area contributed by atoms with Gasteiger partial charge in [-0.2, -0.15) is 0 Å². The van der Waals surface area contributed by atoms with Crippen molar-refractivity contribution in [1.29, 1.82) is 0 Å². The molecule has 2 aromatic rings. The van der Waals surface area contributed by atoms with Crippen LogP contribution in [0.2, 0.25) is 0 Å². The Morgan fingerprint density at radius 1 is 1.11 bits per heavy atom. The molecule has 0 saturated heterocycles. The minimum atomic E-state index is 0.828. The largest absolute Gasteiger partial charge is 0.263 e. The standard InChI is InChI=1S/C13H14BrN3S/c1-8-9(2)16-13(17-10(8)3)18-7-11-4-12(14)6-15-5-11/h4-6H,7H2,1-3H3. The van der Waals surface area contributed by atoms with E-state index in [2.05, 4.69) is 43.9 Å². The van der Waals surface area contributed by atoms with E-state index in [1.807, 2.05) is 20.0 Å². The first-order valence-corrected chi connectivity index (χ1v) is 7.38. The summed E-state index contributed by atoms with van der Waals surface area (Å²) in [6.45, 7) is 6.10. The Morgan fingerprint density at radius 2 is 1.78 bits per heavy atom. The molecule has 0 aromatic carbocycles. The van der Waals surface area contributed by atoms with E-state index in [4.69, 9.17) is 0 Å². The summed E-state index contributed by atoms with van der Waals surface area (Å²) in [5.41, 5.74) is 4.44. The van der Waals surface area contributed by atoms with Gasteiger partial charge in [0.15, 0.2) is 5.16 Å². The zero-order chi connectivity index (χ0) is 13.1. The Hall–Kier alpha value is -0.940. The number of halogens is 1. The Bertz CT molecular complexity index is 549. The van der Waals surface area contributed by atoms with Crippen molar-refractivity contribution in [2.24, 2.45) is 0 Å². The molecule has 2 heterocycles. The Labute approximate surface area is 120 Å². The lowest BCUT2D eigenvalue weighted by molar-refractivity contribution is 0.880. The van der Waals surface area contributed by atoms with Crippen LogP contribution < -0.4 is 0 Å². The average Bonchev–Trinajstić information content (AvgIpc) is 2.33. The summed E-state index contributed by atoms with van der Waals surface area (Å²) in [7, 11) is 0. The summed E-state index contributed by atoms with van der Waals surface area (Å²) in [6.07, 6.45) is 3.65. The maximum atomic E-state index is 4.49. The number of aryl methyl sites for hydroxylation is 2. The van der Waals surface area contributed by atoms with Crippen LogP contribution in [0, 0.1) is 20.8 Å². The smallest absolute Gasteiger partial charge is 0.188 e. The molecular formula is C13H14BrN3S. The molecular weight excluding hydrogens is 310 g/mol. The van der Waals surface area contributed by atoms with E-state index >= 15 is 0 Å². The van der Waals surface area contributed by atoms with E-state index < -0.39 is 0 Å². The van der Waals surface area contributed by atoms with Gasteiger partial charge >= 0.3 is 0 Å². The topological polar surface area (TPSA) is 38.7 Å². The lowest BCUT2D eigenvalue weighted by Crippen LogP contribution is -1.98. The molecule has 0 spiro atoms. The fourth-order valence-electron chi connectivity index (χ4n) is 1.49. The van der Waals surface area contributed by atoms with Crippen LogP contribution >= 0.6 is 27.7 Å². The maximum absolute atomic E-state index is 4.49. The normalized spacial score (nSPS) is 10.7. The molecule has 3 nitrogen and oxygen atoms in total. The molecule has 0 saturated carbocycles. The lowest BCUT2D eigenvalue weighted by Gasteiger charge is -2.06. The van der Waals surface area contributed by atoms with Gasteiger partial charge in [0, 0.05) is 34.0 Å². The van der Waals surface area contributed by atoms with Gasteiger partial charge in [-0.25, -0.2) is 9.97 Å². The highest BCUT2D eigenvalue weighted by Gasteiger charge is 2.05. The molecule has 0 fully saturated rings. The SMILES string of the molecule is Cc1nc(SCc2cncc(Br)c2)nc(C)c1C. The van der Waals surface area contributed by atoms with Crippen molar-refractivity contribution in [2.75, 3.05) is 0 Å². The highest BCUT2D eigenvalue weighted by atomic mass is 79.9. The van der Waals surface area contributed by atoms with Crippen LogP contribution in [0.1, 0.15) is 22.5 Å². The molecule has 5 heteroatoms. The summed E-state index contributed by atoms with van der Waals surface area (Å²) in [5.74, 6) is 0.828. The van der Waals surface area contributed by atoms with E-state index in [0.717, 1.165) is 32.3 Å². The molecule has 0 unspecified atom stereocenters. The van der Waals surface area contributed by atoms with Crippen LogP contribution in [-0.4, -0.2) is 15.0 Å². The monoisotopic (exact) mass is 323 g/mol. The first-order chi connectivity index (χ1) is 8.56. The van der Waals surface area contributed by atoms with E-state index in [1.165, 1.54) is 5.56 Å². The molecule has 0 atom stereocenters. The van der Waals surface area contributed by atoms with Crippen LogP contribution in [-0.2, 0) is 5.75 Å². The van der Waals surface area contributed by atoms with Gasteiger partial charge in [-0.15, -0.1) is 0 Å². The maximum Gasteiger partial charge on any atom is 0.188 e. The van der Waals surface area contributed by atoms with Crippen LogP contribution in [0.3, 0.4) is 0 Å². The molecule has 2 rings (SSSR count). The number of hydrogen-bond donors (Lipinski definition) is 0. The zero-order valence-electron chi connectivity index (χ0n) is 10.6.